The van der Waals surface area contributed by atoms with Crippen molar-refractivity contribution in [3.8, 4) is 0 Å². The van der Waals surface area contributed by atoms with Crippen molar-refractivity contribution in [3.63, 3.8) is 0 Å². The molecule has 0 saturated carbocycles. The fourth-order valence-electron chi connectivity index (χ4n) is 1.11. The molecule has 9 heavy (non-hydrogen) atoms. The van der Waals surface area contributed by atoms with Crippen molar-refractivity contribution in [1.29, 1.82) is 0 Å². The molecule has 3 heteroatoms. The van der Waals surface area contributed by atoms with E-state index in [-0.39, 0.29) is 0 Å². The largest absolute Gasteiger partial charge is 0.295 e. The van der Waals surface area contributed by atoms with Crippen LogP contribution in [0.15, 0.2) is 5.51 Å². The summed E-state index contributed by atoms with van der Waals surface area (Å²) in [6.07, 6.45) is 0. The van der Waals surface area contributed by atoms with Crippen molar-refractivity contribution in [3.05, 3.63) is 16.1 Å². The van der Waals surface area contributed by atoms with Crippen LogP contribution in [0.4, 0.5) is 0 Å². The average molecular weight is 140 g/mol. The standard InChI is InChI=1S/C6H8N2S/c1-8-2-5-6(3-8)9-4-7-5/h4H,2-3H2,1H3. The molecule has 0 atom stereocenters. The number of nitrogens with zero attached hydrogens (tertiary/aromatic N) is 2. The van der Waals surface area contributed by atoms with E-state index < -0.39 is 0 Å². The summed E-state index contributed by atoms with van der Waals surface area (Å²) in [5.74, 6) is 0. The minimum Gasteiger partial charge on any atom is -0.295 e. The van der Waals surface area contributed by atoms with Crippen LogP contribution in [0.2, 0.25) is 0 Å². The number of thiazole rings is 1. The zero-order valence-corrected chi connectivity index (χ0v) is 6.11. The summed E-state index contributed by atoms with van der Waals surface area (Å²) in [6.45, 7) is 2.14. The van der Waals surface area contributed by atoms with Crippen molar-refractivity contribution >= 4 is 11.3 Å². The summed E-state index contributed by atoms with van der Waals surface area (Å²) in [5.41, 5.74) is 3.21. The van der Waals surface area contributed by atoms with Gasteiger partial charge in [-0.05, 0) is 7.05 Å². The highest BCUT2D eigenvalue weighted by atomic mass is 32.1. The second-order valence-electron chi connectivity index (χ2n) is 2.39. The molecule has 0 N–H and O–H groups in total. The average Bonchev–Trinajstić information content (AvgIpc) is 2.22. The Kier molecular flexibility index (Phi) is 1.07. The summed E-state index contributed by atoms with van der Waals surface area (Å²) >= 11 is 1.76. The molecule has 1 aliphatic rings. The van der Waals surface area contributed by atoms with Crippen molar-refractivity contribution in [2.45, 2.75) is 13.1 Å². The number of rotatable bonds is 0. The lowest BCUT2D eigenvalue weighted by Crippen LogP contribution is -2.07. The maximum Gasteiger partial charge on any atom is 0.0798 e. The van der Waals surface area contributed by atoms with Gasteiger partial charge in [0.15, 0.2) is 0 Å². The first-order valence-electron chi connectivity index (χ1n) is 2.96. The van der Waals surface area contributed by atoms with E-state index in [9.17, 15) is 0 Å². The van der Waals surface area contributed by atoms with Crippen molar-refractivity contribution in [2.75, 3.05) is 7.05 Å². The van der Waals surface area contributed by atoms with Crippen molar-refractivity contribution < 1.29 is 0 Å². The van der Waals surface area contributed by atoms with Gasteiger partial charge in [0.2, 0.25) is 0 Å². The summed E-state index contributed by atoms with van der Waals surface area (Å²) in [4.78, 5) is 7.94. The molecule has 0 spiro atoms. The molecule has 1 aromatic rings. The zero-order chi connectivity index (χ0) is 6.27. The minimum absolute atomic E-state index is 1.04. The lowest BCUT2D eigenvalue weighted by molar-refractivity contribution is 0.352. The van der Waals surface area contributed by atoms with E-state index in [0.717, 1.165) is 13.1 Å². The van der Waals surface area contributed by atoms with E-state index >= 15 is 0 Å². The third-order valence-corrected chi connectivity index (χ3v) is 2.42. The van der Waals surface area contributed by atoms with Gasteiger partial charge in [0.25, 0.3) is 0 Å². The van der Waals surface area contributed by atoms with Gasteiger partial charge in [0, 0.05) is 18.0 Å². The van der Waals surface area contributed by atoms with Crippen LogP contribution in [0.25, 0.3) is 0 Å². The number of aromatic nitrogens is 1. The van der Waals surface area contributed by atoms with Crippen LogP contribution in [0.1, 0.15) is 10.6 Å². The molecule has 2 rings (SSSR count). The van der Waals surface area contributed by atoms with Gasteiger partial charge >= 0.3 is 0 Å². The molecule has 0 unspecified atom stereocenters. The molecule has 48 valence electrons. The van der Waals surface area contributed by atoms with Crippen LogP contribution < -0.4 is 0 Å². The smallest absolute Gasteiger partial charge is 0.0798 e. The van der Waals surface area contributed by atoms with Crippen LogP contribution in [-0.4, -0.2) is 16.9 Å². The molecule has 0 saturated heterocycles. The van der Waals surface area contributed by atoms with E-state index in [4.69, 9.17) is 0 Å². The Bertz CT molecular complexity index is 198. The molecule has 0 fully saturated rings. The monoisotopic (exact) mass is 140 g/mol. The molecule has 0 aromatic carbocycles. The zero-order valence-electron chi connectivity index (χ0n) is 5.29. The molecule has 1 aliphatic heterocycles. The van der Waals surface area contributed by atoms with Gasteiger partial charge in [-0.3, -0.25) is 4.90 Å². The predicted molar refractivity (Wildman–Crippen MR) is 37.3 cm³/mol. The highest BCUT2D eigenvalue weighted by Gasteiger charge is 2.16. The molecule has 1 aromatic heterocycles. The van der Waals surface area contributed by atoms with E-state index in [0.29, 0.717) is 0 Å². The Balaban J connectivity index is 2.39. The van der Waals surface area contributed by atoms with Gasteiger partial charge in [-0.15, -0.1) is 11.3 Å². The second-order valence-corrected chi connectivity index (χ2v) is 3.33. The van der Waals surface area contributed by atoms with Crippen LogP contribution >= 0.6 is 11.3 Å². The fraction of sp³-hybridized carbons (Fsp3) is 0.500. The normalized spacial score (nSPS) is 18.3. The number of hydrogen-bond donors (Lipinski definition) is 0. The lowest BCUT2D eigenvalue weighted by Gasteiger charge is -2.02. The van der Waals surface area contributed by atoms with Crippen LogP contribution in [0, 0.1) is 0 Å². The SMILES string of the molecule is CN1Cc2ncsc2C1. The van der Waals surface area contributed by atoms with Crippen molar-refractivity contribution in [2.24, 2.45) is 0 Å². The van der Waals surface area contributed by atoms with Gasteiger partial charge in [-0.25, -0.2) is 4.98 Å². The Labute approximate surface area is 58.1 Å². The molecule has 0 radical (unpaired) electrons. The van der Waals surface area contributed by atoms with Crippen molar-refractivity contribution in [1.82, 2.24) is 9.88 Å². The third kappa shape index (κ3) is 0.767. The summed E-state index contributed by atoms with van der Waals surface area (Å²) in [5, 5.41) is 0. The van der Waals surface area contributed by atoms with E-state index in [1.54, 1.807) is 11.3 Å². The van der Waals surface area contributed by atoms with Gasteiger partial charge in [-0.2, -0.15) is 0 Å². The molecule has 0 amide bonds. The molecule has 0 bridgehead atoms. The molecular formula is C6H8N2S. The quantitative estimate of drug-likeness (QED) is 0.536. The third-order valence-electron chi connectivity index (χ3n) is 1.56. The molecule has 2 heterocycles. The molecule has 0 aliphatic carbocycles. The summed E-state index contributed by atoms with van der Waals surface area (Å²) in [7, 11) is 2.12. The van der Waals surface area contributed by atoms with Gasteiger partial charge in [-0.1, -0.05) is 0 Å². The fourth-order valence-corrected chi connectivity index (χ4v) is 1.96. The highest BCUT2D eigenvalue weighted by molar-refractivity contribution is 7.09. The van der Waals surface area contributed by atoms with Crippen LogP contribution in [0.3, 0.4) is 0 Å². The highest BCUT2D eigenvalue weighted by Crippen LogP contribution is 2.22. The van der Waals surface area contributed by atoms with Crippen LogP contribution in [-0.2, 0) is 13.1 Å². The predicted octanol–water partition coefficient (Wildman–Crippen LogP) is 1.09. The Morgan fingerprint density at radius 3 is 3.33 bits per heavy atom. The topological polar surface area (TPSA) is 16.1 Å². The van der Waals surface area contributed by atoms with Crippen LogP contribution in [0.5, 0.6) is 0 Å². The first-order valence-corrected chi connectivity index (χ1v) is 3.84. The second kappa shape index (κ2) is 1.78. The Morgan fingerprint density at radius 2 is 2.56 bits per heavy atom. The minimum atomic E-state index is 1.04. The van der Waals surface area contributed by atoms with Gasteiger partial charge in [0.05, 0.1) is 11.2 Å². The lowest BCUT2D eigenvalue weighted by atomic mass is 10.4. The molecule has 2 nitrogen and oxygen atoms in total. The molecular weight excluding hydrogens is 132 g/mol. The number of hydrogen-bond acceptors (Lipinski definition) is 3. The summed E-state index contributed by atoms with van der Waals surface area (Å²) in [6, 6.07) is 0. The van der Waals surface area contributed by atoms with Gasteiger partial charge in [0.1, 0.15) is 0 Å². The summed E-state index contributed by atoms with van der Waals surface area (Å²) < 4.78 is 0. The Morgan fingerprint density at radius 1 is 1.67 bits per heavy atom. The van der Waals surface area contributed by atoms with Gasteiger partial charge < -0.3 is 0 Å². The first-order chi connectivity index (χ1) is 4.36. The Hall–Kier alpha value is -0.410. The van der Waals surface area contributed by atoms with E-state index in [1.165, 1.54) is 10.6 Å². The van der Waals surface area contributed by atoms with E-state index in [2.05, 4.69) is 16.9 Å². The first kappa shape index (κ1) is 5.38. The maximum absolute atomic E-state index is 4.22. The van der Waals surface area contributed by atoms with E-state index in [1.807, 2.05) is 5.51 Å². The maximum atomic E-state index is 4.22. The number of fused-ring (bicyclic) bond motifs is 1.